The van der Waals surface area contributed by atoms with Gasteiger partial charge in [-0.05, 0) is 68.6 Å². The molecule has 0 aromatic heterocycles. The molecule has 1 aromatic rings. The predicted octanol–water partition coefficient (Wildman–Crippen LogP) is 4.55. The summed E-state index contributed by atoms with van der Waals surface area (Å²) in [6.45, 7) is 8.25. The number of nitrogens with zero attached hydrogens (tertiary/aromatic N) is 2. The van der Waals surface area contributed by atoms with E-state index in [0.717, 1.165) is 44.6 Å². The molecule has 5 rings (SSSR count). The molecule has 3 aliphatic heterocycles. The first-order valence-electron chi connectivity index (χ1n) is 13.5. The molecular weight excluding hydrogens is 445 g/mol. The average Bonchev–Trinajstić information content (AvgIpc) is 3.45. The van der Waals surface area contributed by atoms with Gasteiger partial charge in [0.1, 0.15) is 12.4 Å². The summed E-state index contributed by atoms with van der Waals surface area (Å²) in [5.41, 5.74) is 0.782. The first-order chi connectivity index (χ1) is 16.8. The second-order valence-electron chi connectivity index (χ2n) is 11.9. The van der Waals surface area contributed by atoms with E-state index in [-0.39, 0.29) is 40.6 Å². The number of amides is 2. The number of rotatable bonds is 5. The Labute approximate surface area is 208 Å². The third kappa shape index (κ3) is 4.81. The molecule has 192 valence electrons. The maximum absolute atomic E-state index is 13.7. The van der Waals surface area contributed by atoms with Gasteiger partial charge in [-0.1, -0.05) is 31.4 Å². The number of carbonyl (C=O) groups is 2. The van der Waals surface area contributed by atoms with Crippen molar-refractivity contribution in [3.63, 3.8) is 0 Å². The Morgan fingerprint density at radius 1 is 1.09 bits per heavy atom. The van der Waals surface area contributed by atoms with Crippen LogP contribution in [0.3, 0.4) is 0 Å². The van der Waals surface area contributed by atoms with Crippen LogP contribution in [0.4, 0.5) is 9.18 Å². The standard InChI is InChI=1S/C28H40FN3O3/c1-27(2)19-35-26(34)32(27)18-28(21-6-4-3-5-7-21)12-14-31(15-13-28)25(33)24-17-30-16-23(24)20-8-10-22(29)11-9-20/h8-11,21,23-24,30H,3-7,12-19H2,1-2H3/t23-,24-/m0/s1. The van der Waals surface area contributed by atoms with Crippen LogP contribution in [0.5, 0.6) is 0 Å². The average molecular weight is 486 g/mol. The summed E-state index contributed by atoms with van der Waals surface area (Å²) in [6, 6.07) is 6.60. The van der Waals surface area contributed by atoms with Gasteiger partial charge in [0.25, 0.3) is 0 Å². The number of halogens is 1. The lowest BCUT2D eigenvalue weighted by atomic mass is 9.63. The van der Waals surface area contributed by atoms with Crippen molar-refractivity contribution in [2.45, 2.75) is 70.3 Å². The molecule has 4 aliphatic rings. The molecule has 2 atom stereocenters. The van der Waals surface area contributed by atoms with Crippen molar-refractivity contribution in [2.24, 2.45) is 17.3 Å². The smallest absolute Gasteiger partial charge is 0.410 e. The van der Waals surface area contributed by atoms with Gasteiger partial charge < -0.3 is 15.0 Å². The summed E-state index contributed by atoms with van der Waals surface area (Å²) >= 11 is 0. The van der Waals surface area contributed by atoms with Gasteiger partial charge in [0, 0.05) is 38.6 Å². The van der Waals surface area contributed by atoms with Gasteiger partial charge in [-0.2, -0.15) is 0 Å². The van der Waals surface area contributed by atoms with Crippen LogP contribution >= 0.6 is 0 Å². The lowest BCUT2D eigenvalue weighted by Gasteiger charge is -2.51. The highest BCUT2D eigenvalue weighted by atomic mass is 19.1. The largest absolute Gasteiger partial charge is 0.447 e. The van der Waals surface area contributed by atoms with Crippen molar-refractivity contribution in [1.29, 1.82) is 0 Å². The lowest BCUT2D eigenvalue weighted by molar-refractivity contribution is -0.139. The normalized spacial score (nSPS) is 28.8. The van der Waals surface area contributed by atoms with Gasteiger partial charge in [0.2, 0.25) is 5.91 Å². The first-order valence-corrected chi connectivity index (χ1v) is 13.5. The maximum atomic E-state index is 13.7. The van der Waals surface area contributed by atoms with Crippen LogP contribution < -0.4 is 5.32 Å². The van der Waals surface area contributed by atoms with E-state index in [1.54, 1.807) is 0 Å². The van der Waals surface area contributed by atoms with Gasteiger partial charge in [-0.3, -0.25) is 9.69 Å². The second-order valence-corrected chi connectivity index (χ2v) is 11.9. The van der Waals surface area contributed by atoms with Crippen LogP contribution in [0.2, 0.25) is 0 Å². The molecule has 4 fully saturated rings. The fraction of sp³-hybridized carbons (Fsp3) is 0.714. The molecule has 0 radical (unpaired) electrons. The Kier molecular flexibility index (Phi) is 6.81. The molecular formula is C28H40FN3O3. The highest BCUT2D eigenvalue weighted by Gasteiger charge is 2.50. The summed E-state index contributed by atoms with van der Waals surface area (Å²) < 4.78 is 18.9. The molecule has 1 N–H and O–H groups in total. The minimum absolute atomic E-state index is 0.0438. The van der Waals surface area contributed by atoms with Gasteiger partial charge >= 0.3 is 6.09 Å². The summed E-state index contributed by atoms with van der Waals surface area (Å²) in [7, 11) is 0. The molecule has 6 nitrogen and oxygen atoms in total. The number of likely N-dealkylation sites (tertiary alicyclic amines) is 1. The van der Waals surface area contributed by atoms with E-state index in [4.69, 9.17) is 4.74 Å². The Morgan fingerprint density at radius 2 is 1.77 bits per heavy atom. The number of nitrogens with one attached hydrogen (secondary N) is 1. The zero-order valence-corrected chi connectivity index (χ0v) is 21.2. The van der Waals surface area contributed by atoms with E-state index in [0.29, 0.717) is 19.1 Å². The summed E-state index contributed by atoms with van der Waals surface area (Å²) in [5, 5.41) is 3.39. The molecule has 1 saturated carbocycles. The van der Waals surface area contributed by atoms with E-state index < -0.39 is 0 Å². The van der Waals surface area contributed by atoms with E-state index in [2.05, 4.69) is 24.1 Å². The van der Waals surface area contributed by atoms with Crippen molar-refractivity contribution in [3.05, 3.63) is 35.6 Å². The predicted molar refractivity (Wildman–Crippen MR) is 132 cm³/mol. The number of cyclic esters (lactones) is 1. The van der Waals surface area contributed by atoms with Crippen LogP contribution in [-0.4, -0.2) is 66.7 Å². The minimum atomic E-state index is -0.288. The van der Waals surface area contributed by atoms with Crippen molar-refractivity contribution >= 4 is 12.0 Å². The fourth-order valence-electron chi connectivity index (χ4n) is 7.05. The molecule has 0 bridgehead atoms. The molecule has 3 saturated heterocycles. The van der Waals surface area contributed by atoms with Gasteiger partial charge in [0.05, 0.1) is 11.5 Å². The Bertz CT molecular complexity index is 920. The van der Waals surface area contributed by atoms with Crippen LogP contribution in [0.15, 0.2) is 24.3 Å². The Hall–Kier alpha value is -2.15. The third-order valence-electron chi connectivity index (χ3n) is 9.34. The van der Waals surface area contributed by atoms with Crippen molar-refractivity contribution in [2.75, 3.05) is 39.3 Å². The maximum Gasteiger partial charge on any atom is 0.410 e. The van der Waals surface area contributed by atoms with Gasteiger partial charge in [-0.25, -0.2) is 9.18 Å². The van der Waals surface area contributed by atoms with Gasteiger partial charge in [-0.15, -0.1) is 0 Å². The number of carbonyl (C=O) groups excluding carboxylic acids is 2. The topological polar surface area (TPSA) is 61.9 Å². The number of ether oxygens (including phenoxy) is 1. The summed E-state index contributed by atoms with van der Waals surface area (Å²) in [4.78, 5) is 30.3. The van der Waals surface area contributed by atoms with Crippen LogP contribution in [0.25, 0.3) is 0 Å². The van der Waals surface area contributed by atoms with Crippen molar-refractivity contribution < 1.29 is 18.7 Å². The zero-order valence-electron chi connectivity index (χ0n) is 21.2. The molecule has 1 aromatic carbocycles. The minimum Gasteiger partial charge on any atom is -0.447 e. The Morgan fingerprint density at radius 3 is 2.40 bits per heavy atom. The van der Waals surface area contributed by atoms with E-state index in [9.17, 15) is 14.0 Å². The highest BCUT2D eigenvalue weighted by Crippen LogP contribution is 2.48. The van der Waals surface area contributed by atoms with Crippen LogP contribution in [0.1, 0.15) is 70.3 Å². The molecule has 7 heteroatoms. The number of piperidine rings is 1. The molecule has 0 spiro atoms. The van der Waals surface area contributed by atoms with E-state index in [1.165, 1.54) is 44.2 Å². The third-order valence-corrected chi connectivity index (χ3v) is 9.34. The molecule has 0 unspecified atom stereocenters. The van der Waals surface area contributed by atoms with Crippen molar-refractivity contribution in [1.82, 2.24) is 15.1 Å². The summed E-state index contributed by atoms with van der Waals surface area (Å²) in [5.74, 6) is 0.520. The number of hydrogen-bond acceptors (Lipinski definition) is 4. The summed E-state index contributed by atoms with van der Waals surface area (Å²) in [6.07, 6.45) is 7.94. The number of hydrogen-bond donors (Lipinski definition) is 1. The van der Waals surface area contributed by atoms with Gasteiger partial charge in [0.15, 0.2) is 0 Å². The van der Waals surface area contributed by atoms with Crippen molar-refractivity contribution in [3.8, 4) is 0 Å². The Balaban J connectivity index is 1.30. The lowest BCUT2D eigenvalue weighted by Crippen LogP contribution is -2.55. The molecule has 1 aliphatic carbocycles. The zero-order chi connectivity index (χ0) is 24.6. The SMILES string of the molecule is CC1(C)COC(=O)N1CC1(C2CCCCC2)CCN(C(=O)[C@H]2CNC[C@H]2c2ccc(F)cc2)CC1. The first kappa shape index (κ1) is 24.5. The molecule has 35 heavy (non-hydrogen) atoms. The fourth-order valence-corrected chi connectivity index (χ4v) is 7.05. The highest BCUT2D eigenvalue weighted by molar-refractivity contribution is 5.81. The van der Waals surface area contributed by atoms with Crippen LogP contribution in [0, 0.1) is 23.1 Å². The van der Waals surface area contributed by atoms with E-state index in [1.807, 2.05) is 17.0 Å². The van der Waals surface area contributed by atoms with E-state index >= 15 is 0 Å². The second kappa shape index (κ2) is 9.72. The van der Waals surface area contributed by atoms with Crippen LogP contribution in [-0.2, 0) is 9.53 Å². The number of benzene rings is 1. The molecule has 2 amide bonds. The monoisotopic (exact) mass is 485 g/mol. The molecule has 3 heterocycles. The quantitative estimate of drug-likeness (QED) is 0.665.